The lowest BCUT2D eigenvalue weighted by Gasteiger charge is -2.51. The Morgan fingerprint density at radius 1 is 0.784 bits per heavy atom. The molecular weight excluding hydrogens is 477 g/mol. The predicted molar refractivity (Wildman–Crippen MR) is 144 cm³/mol. The van der Waals surface area contributed by atoms with Gasteiger partial charge >= 0.3 is 0 Å². The molecular formula is C29H48BF2O5. The number of alkyl halides is 2. The van der Waals surface area contributed by atoms with Gasteiger partial charge in [0.25, 0.3) is 5.92 Å². The van der Waals surface area contributed by atoms with Gasteiger partial charge in [0.2, 0.25) is 0 Å². The number of aliphatic hydroxyl groups is 1. The molecule has 5 atom stereocenters. The van der Waals surface area contributed by atoms with Crippen molar-refractivity contribution in [1.82, 2.24) is 0 Å². The average Bonchev–Trinajstić information content (AvgIpc) is 2.90. The Balaban J connectivity index is 2.51. The molecule has 1 unspecified atom stereocenters. The van der Waals surface area contributed by atoms with Crippen molar-refractivity contribution in [2.24, 2.45) is 0 Å². The Morgan fingerprint density at radius 2 is 1.30 bits per heavy atom. The fourth-order valence-corrected chi connectivity index (χ4v) is 4.64. The largest absolute Gasteiger partial charge is 0.394 e. The number of ether oxygens (including phenoxy) is 4. The summed E-state index contributed by atoms with van der Waals surface area (Å²) in [6, 6.07) is 7.76. The maximum atomic E-state index is 16.2. The first-order valence-corrected chi connectivity index (χ1v) is 14.3. The van der Waals surface area contributed by atoms with Crippen molar-refractivity contribution in [2.75, 3.05) is 33.0 Å². The molecule has 0 saturated carbocycles. The van der Waals surface area contributed by atoms with E-state index in [1.165, 1.54) is 19.4 Å². The van der Waals surface area contributed by atoms with Crippen LogP contribution >= 0.6 is 0 Å². The van der Waals surface area contributed by atoms with Crippen LogP contribution in [0.4, 0.5) is 8.78 Å². The van der Waals surface area contributed by atoms with Crippen molar-refractivity contribution >= 4 is 7.28 Å². The number of hydrogen-bond acceptors (Lipinski definition) is 5. The Kier molecular flexibility index (Phi) is 14.6. The second kappa shape index (κ2) is 16.8. The van der Waals surface area contributed by atoms with Crippen LogP contribution < -0.4 is 0 Å². The van der Waals surface area contributed by atoms with Crippen LogP contribution in [-0.2, 0) is 24.9 Å². The lowest BCUT2D eigenvalue weighted by molar-refractivity contribution is -0.218. The van der Waals surface area contributed by atoms with Crippen molar-refractivity contribution in [1.29, 1.82) is 0 Å². The van der Waals surface area contributed by atoms with E-state index in [4.69, 9.17) is 18.9 Å². The van der Waals surface area contributed by atoms with Gasteiger partial charge in [0.05, 0.1) is 18.2 Å². The number of unbranched alkanes of at least 4 members (excludes halogenated alkanes) is 4. The highest BCUT2D eigenvalue weighted by Crippen LogP contribution is 2.49. The van der Waals surface area contributed by atoms with Gasteiger partial charge in [-0.2, -0.15) is 0 Å². The van der Waals surface area contributed by atoms with Crippen LogP contribution in [0.5, 0.6) is 0 Å². The van der Waals surface area contributed by atoms with E-state index in [0.717, 1.165) is 51.4 Å². The Morgan fingerprint density at radius 3 is 1.86 bits per heavy atom. The number of hydrogen-bond donors (Lipinski definition) is 1. The van der Waals surface area contributed by atoms with Crippen molar-refractivity contribution < 1.29 is 32.8 Å². The predicted octanol–water partition coefficient (Wildman–Crippen LogP) is 6.35. The lowest BCUT2D eigenvalue weighted by Crippen LogP contribution is -2.69. The monoisotopic (exact) mass is 525 g/mol. The van der Waals surface area contributed by atoms with Crippen LogP contribution in [0.25, 0.3) is 0 Å². The summed E-state index contributed by atoms with van der Waals surface area (Å²) >= 11 is 0. The van der Waals surface area contributed by atoms with Crippen LogP contribution in [0.1, 0.15) is 84.6 Å². The normalized spacial score (nSPS) is 26.2. The minimum atomic E-state index is -3.30. The highest BCUT2D eigenvalue weighted by molar-refractivity contribution is 6.43. The zero-order valence-electron chi connectivity index (χ0n) is 23.3. The summed E-state index contributed by atoms with van der Waals surface area (Å²) in [5.41, 5.74) is -1.88. The smallest absolute Gasteiger partial charge is 0.271 e. The molecule has 1 aliphatic rings. The molecule has 1 fully saturated rings. The van der Waals surface area contributed by atoms with E-state index in [0.29, 0.717) is 26.4 Å². The summed E-state index contributed by atoms with van der Waals surface area (Å²) in [5.74, 6) is -4.72. The molecule has 211 valence electrons. The van der Waals surface area contributed by atoms with Gasteiger partial charge in [0, 0.05) is 37.8 Å². The lowest BCUT2D eigenvalue weighted by atomic mass is 9.42. The van der Waals surface area contributed by atoms with Crippen LogP contribution in [0.3, 0.4) is 0 Å². The van der Waals surface area contributed by atoms with Gasteiger partial charge in [-0.25, -0.2) is 8.78 Å². The summed E-state index contributed by atoms with van der Waals surface area (Å²) in [6.07, 6.45) is 4.01. The Bertz CT molecular complexity index is 726. The molecule has 1 aromatic rings. The molecule has 1 radical (unpaired) electrons. The first-order chi connectivity index (χ1) is 17.9. The van der Waals surface area contributed by atoms with Crippen molar-refractivity contribution in [3.63, 3.8) is 0 Å². The Labute approximate surface area is 223 Å². The third-order valence-electron chi connectivity index (χ3n) is 6.90. The van der Waals surface area contributed by atoms with Gasteiger partial charge < -0.3 is 24.1 Å². The molecule has 1 heterocycles. The zero-order valence-corrected chi connectivity index (χ0v) is 23.3. The molecule has 0 bridgehead atoms. The topological polar surface area (TPSA) is 57.2 Å². The molecule has 1 aromatic carbocycles. The highest BCUT2D eigenvalue weighted by atomic mass is 19.3. The van der Waals surface area contributed by atoms with E-state index in [1.807, 2.05) is 20.8 Å². The molecule has 0 amide bonds. The molecule has 0 aliphatic carbocycles. The standard InChI is InChI=1S/C29H48BF2O5/c1-5-9-18-34-22-28(33)27(37-21-12-8-4)25(36-20-11-7-3)24(35-19-10-6-2)26(30-28)29(31,32)23-16-14-13-15-17-23/h13-17,24-27,33H,5-12,18-22H2,1-4H3/t24-,25-,26-,27+,28?/m1/s1. The molecule has 1 aliphatic heterocycles. The quantitative estimate of drug-likeness (QED) is 0.169. The molecule has 1 N–H and O–H groups in total. The number of halogens is 2. The maximum absolute atomic E-state index is 16.2. The second-order valence-corrected chi connectivity index (χ2v) is 10.1. The first-order valence-electron chi connectivity index (χ1n) is 14.3. The zero-order chi connectivity index (χ0) is 27.2. The molecule has 2 rings (SSSR count). The van der Waals surface area contributed by atoms with Crippen LogP contribution in [0.2, 0.25) is 5.82 Å². The van der Waals surface area contributed by atoms with Crippen LogP contribution in [0.15, 0.2) is 30.3 Å². The molecule has 37 heavy (non-hydrogen) atoms. The van der Waals surface area contributed by atoms with E-state index < -0.39 is 35.6 Å². The van der Waals surface area contributed by atoms with Gasteiger partial charge in [-0.1, -0.05) is 83.7 Å². The Hall–Kier alpha value is -1.06. The molecule has 5 nitrogen and oxygen atoms in total. The van der Waals surface area contributed by atoms with Crippen molar-refractivity contribution in [2.45, 2.75) is 115 Å². The minimum absolute atomic E-state index is 0.118. The van der Waals surface area contributed by atoms with Gasteiger partial charge in [-0.15, -0.1) is 0 Å². The van der Waals surface area contributed by atoms with Crippen LogP contribution in [-0.4, -0.2) is 69.2 Å². The van der Waals surface area contributed by atoms with E-state index >= 15 is 8.78 Å². The summed E-state index contributed by atoms with van der Waals surface area (Å²) in [4.78, 5) is 0. The van der Waals surface area contributed by atoms with Crippen LogP contribution in [0, 0.1) is 0 Å². The summed E-state index contributed by atoms with van der Waals surface area (Å²) in [7, 11) is 1.33. The SMILES string of the molecule is CCCCOCC1(O)[B][C@@H](C(F)(F)c2ccccc2)[C@H](OCCCC)[C@@H](OCCCC)[C@@H]1OCCCC. The third kappa shape index (κ3) is 9.28. The van der Waals surface area contributed by atoms with Gasteiger partial charge in [0.15, 0.2) is 7.28 Å². The first kappa shape index (κ1) is 32.2. The highest BCUT2D eigenvalue weighted by Gasteiger charge is 2.62. The molecule has 1 saturated heterocycles. The van der Waals surface area contributed by atoms with Gasteiger partial charge in [0.1, 0.15) is 12.2 Å². The number of rotatable bonds is 19. The van der Waals surface area contributed by atoms with E-state index in [1.54, 1.807) is 18.2 Å². The minimum Gasteiger partial charge on any atom is -0.394 e. The second-order valence-electron chi connectivity index (χ2n) is 10.1. The maximum Gasteiger partial charge on any atom is 0.271 e. The number of benzene rings is 1. The van der Waals surface area contributed by atoms with Gasteiger partial charge in [-0.3, -0.25) is 0 Å². The molecule has 8 heteroatoms. The van der Waals surface area contributed by atoms with E-state index in [-0.39, 0.29) is 12.2 Å². The molecule has 0 aromatic heterocycles. The summed E-state index contributed by atoms with van der Waals surface area (Å²) in [5, 5.41) is 12.0. The molecule has 0 spiro atoms. The van der Waals surface area contributed by atoms with E-state index in [9.17, 15) is 5.11 Å². The average molecular weight is 526 g/mol. The summed E-state index contributed by atoms with van der Waals surface area (Å²) < 4.78 is 57.0. The fourth-order valence-electron chi connectivity index (χ4n) is 4.64. The van der Waals surface area contributed by atoms with Crippen molar-refractivity contribution in [3.8, 4) is 0 Å². The van der Waals surface area contributed by atoms with Gasteiger partial charge in [-0.05, 0) is 25.7 Å². The van der Waals surface area contributed by atoms with Crippen molar-refractivity contribution in [3.05, 3.63) is 35.9 Å². The third-order valence-corrected chi connectivity index (χ3v) is 6.90. The van der Waals surface area contributed by atoms with E-state index in [2.05, 4.69) is 6.92 Å². The summed E-state index contributed by atoms with van der Waals surface area (Å²) in [6.45, 7) is 9.58. The fraction of sp³-hybridized carbons (Fsp3) is 0.793.